The molecule has 2 unspecified atom stereocenters. The Balaban J connectivity index is 2.05. The molecule has 1 aliphatic carbocycles. The van der Waals surface area contributed by atoms with Gasteiger partial charge in [-0.05, 0) is 43.1 Å². The SMILES string of the molecule is CCCC1CC1n1c(=S)[nH]c2ccc(OC)cc21. The summed E-state index contributed by atoms with van der Waals surface area (Å²) < 4.78 is 8.41. The minimum absolute atomic E-state index is 0.582. The fourth-order valence-corrected chi connectivity index (χ4v) is 3.13. The van der Waals surface area contributed by atoms with Crippen molar-refractivity contribution in [1.82, 2.24) is 9.55 Å². The maximum absolute atomic E-state index is 5.45. The van der Waals surface area contributed by atoms with E-state index in [1.54, 1.807) is 7.11 Å². The number of aromatic nitrogens is 2. The number of nitrogens with one attached hydrogen (secondary N) is 1. The fourth-order valence-electron chi connectivity index (χ4n) is 2.79. The number of hydrogen-bond donors (Lipinski definition) is 1. The third kappa shape index (κ3) is 1.85. The fraction of sp³-hybridized carbons (Fsp3) is 0.500. The molecular formula is C14H18N2OS. The van der Waals surface area contributed by atoms with Crippen molar-refractivity contribution in [3.63, 3.8) is 0 Å². The van der Waals surface area contributed by atoms with Crippen LogP contribution in [-0.4, -0.2) is 16.7 Å². The molecule has 1 fully saturated rings. The molecule has 1 N–H and O–H groups in total. The average molecular weight is 262 g/mol. The number of fused-ring (bicyclic) bond motifs is 1. The average Bonchev–Trinajstić information content (AvgIpc) is 3.03. The zero-order valence-electron chi connectivity index (χ0n) is 10.8. The Hall–Kier alpha value is -1.29. The van der Waals surface area contributed by atoms with Gasteiger partial charge in [-0.15, -0.1) is 0 Å². The van der Waals surface area contributed by atoms with E-state index in [-0.39, 0.29) is 0 Å². The molecule has 96 valence electrons. The number of aromatic amines is 1. The Morgan fingerprint density at radius 3 is 3.06 bits per heavy atom. The van der Waals surface area contributed by atoms with E-state index >= 15 is 0 Å². The highest BCUT2D eigenvalue weighted by Gasteiger charge is 2.38. The zero-order chi connectivity index (χ0) is 12.7. The highest BCUT2D eigenvalue weighted by Crippen LogP contribution is 2.48. The number of H-pyrrole nitrogens is 1. The van der Waals surface area contributed by atoms with Crippen molar-refractivity contribution in [1.29, 1.82) is 0 Å². The number of ether oxygens (including phenoxy) is 1. The van der Waals surface area contributed by atoms with Crippen LogP contribution in [0, 0.1) is 10.7 Å². The molecule has 0 bridgehead atoms. The van der Waals surface area contributed by atoms with Gasteiger partial charge in [0.05, 0.1) is 18.1 Å². The third-order valence-electron chi connectivity index (χ3n) is 3.80. The number of imidazole rings is 1. The van der Waals surface area contributed by atoms with Crippen molar-refractivity contribution in [3.8, 4) is 5.75 Å². The van der Waals surface area contributed by atoms with Gasteiger partial charge >= 0.3 is 0 Å². The summed E-state index contributed by atoms with van der Waals surface area (Å²) in [6.07, 6.45) is 3.80. The zero-order valence-corrected chi connectivity index (χ0v) is 11.6. The summed E-state index contributed by atoms with van der Waals surface area (Å²) in [5.74, 6) is 1.69. The summed E-state index contributed by atoms with van der Waals surface area (Å²) in [7, 11) is 1.70. The highest BCUT2D eigenvalue weighted by molar-refractivity contribution is 7.71. The molecule has 0 aliphatic heterocycles. The van der Waals surface area contributed by atoms with Crippen molar-refractivity contribution in [2.24, 2.45) is 5.92 Å². The molecule has 1 aromatic heterocycles. The number of benzene rings is 1. The first-order valence-corrected chi connectivity index (χ1v) is 6.93. The van der Waals surface area contributed by atoms with E-state index < -0.39 is 0 Å². The van der Waals surface area contributed by atoms with Crippen LogP contribution in [0.1, 0.15) is 32.2 Å². The van der Waals surface area contributed by atoms with E-state index in [2.05, 4.69) is 22.5 Å². The molecule has 0 spiro atoms. The predicted octanol–water partition coefficient (Wildman–Crippen LogP) is 4.07. The predicted molar refractivity (Wildman–Crippen MR) is 75.7 cm³/mol. The second kappa shape index (κ2) is 4.43. The lowest BCUT2D eigenvalue weighted by Gasteiger charge is -2.05. The first kappa shape index (κ1) is 11.8. The topological polar surface area (TPSA) is 29.9 Å². The lowest BCUT2D eigenvalue weighted by atomic mass is 10.2. The Kier molecular flexibility index (Phi) is 2.90. The summed E-state index contributed by atoms with van der Waals surface area (Å²) >= 11 is 5.45. The highest BCUT2D eigenvalue weighted by atomic mass is 32.1. The summed E-state index contributed by atoms with van der Waals surface area (Å²) in [6.45, 7) is 2.24. The van der Waals surface area contributed by atoms with Crippen LogP contribution in [0.25, 0.3) is 11.0 Å². The summed E-state index contributed by atoms with van der Waals surface area (Å²) in [4.78, 5) is 3.28. The standard InChI is InChI=1S/C14H18N2OS/c1-3-4-9-7-12(9)16-13-8-10(17-2)5-6-11(13)15-14(16)18/h5-6,8-9,12H,3-4,7H2,1-2H3,(H,15,18). The van der Waals surface area contributed by atoms with E-state index in [1.165, 1.54) is 24.8 Å². The van der Waals surface area contributed by atoms with Crippen molar-refractivity contribution in [2.75, 3.05) is 7.11 Å². The molecule has 2 aromatic rings. The Morgan fingerprint density at radius 1 is 1.50 bits per heavy atom. The quantitative estimate of drug-likeness (QED) is 0.842. The second-order valence-corrected chi connectivity index (χ2v) is 5.42. The third-order valence-corrected chi connectivity index (χ3v) is 4.10. The van der Waals surface area contributed by atoms with Crippen LogP contribution in [0.4, 0.5) is 0 Å². The van der Waals surface area contributed by atoms with Crippen molar-refractivity contribution < 1.29 is 4.74 Å². The van der Waals surface area contributed by atoms with E-state index in [1.807, 2.05) is 12.1 Å². The Morgan fingerprint density at radius 2 is 2.33 bits per heavy atom. The van der Waals surface area contributed by atoms with Crippen LogP contribution in [-0.2, 0) is 0 Å². The molecule has 1 aromatic carbocycles. The molecule has 1 saturated carbocycles. The molecule has 0 radical (unpaired) electrons. The lowest BCUT2D eigenvalue weighted by molar-refractivity contribution is 0.415. The van der Waals surface area contributed by atoms with Gasteiger partial charge in [-0.2, -0.15) is 0 Å². The number of methoxy groups -OCH3 is 1. The van der Waals surface area contributed by atoms with Crippen LogP contribution >= 0.6 is 12.2 Å². The van der Waals surface area contributed by atoms with Gasteiger partial charge < -0.3 is 14.3 Å². The minimum Gasteiger partial charge on any atom is -0.497 e. The molecule has 3 nitrogen and oxygen atoms in total. The lowest BCUT2D eigenvalue weighted by Crippen LogP contribution is -1.96. The summed E-state index contributed by atoms with van der Waals surface area (Å²) in [5.41, 5.74) is 2.27. The molecule has 2 atom stereocenters. The maximum Gasteiger partial charge on any atom is 0.178 e. The number of hydrogen-bond acceptors (Lipinski definition) is 2. The van der Waals surface area contributed by atoms with Crippen LogP contribution in [0.2, 0.25) is 0 Å². The van der Waals surface area contributed by atoms with Gasteiger partial charge in [0.15, 0.2) is 4.77 Å². The van der Waals surface area contributed by atoms with Gasteiger partial charge in [0.1, 0.15) is 5.75 Å². The van der Waals surface area contributed by atoms with E-state index in [0.717, 1.165) is 22.0 Å². The van der Waals surface area contributed by atoms with Crippen molar-refractivity contribution in [2.45, 2.75) is 32.2 Å². The van der Waals surface area contributed by atoms with Gasteiger partial charge in [0.25, 0.3) is 0 Å². The van der Waals surface area contributed by atoms with Crippen LogP contribution in [0.3, 0.4) is 0 Å². The van der Waals surface area contributed by atoms with E-state index in [4.69, 9.17) is 17.0 Å². The number of nitrogens with zero attached hydrogens (tertiary/aromatic N) is 1. The molecule has 0 saturated heterocycles. The van der Waals surface area contributed by atoms with Gasteiger partial charge in [0.2, 0.25) is 0 Å². The Labute approximate surface area is 112 Å². The van der Waals surface area contributed by atoms with Gasteiger partial charge in [-0.3, -0.25) is 0 Å². The summed E-state index contributed by atoms with van der Waals surface area (Å²) in [6, 6.07) is 6.66. The first-order valence-electron chi connectivity index (χ1n) is 6.53. The molecule has 4 heteroatoms. The molecule has 18 heavy (non-hydrogen) atoms. The van der Waals surface area contributed by atoms with Gasteiger partial charge in [-0.1, -0.05) is 13.3 Å². The van der Waals surface area contributed by atoms with E-state index in [0.29, 0.717) is 6.04 Å². The van der Waals surface area contributed by atoms with Crippen LogP contribution in [0.5, 0.6) is 5.75 Å². The molecule has 0 amide bonds. The second-order valence-electron chi connectivity index (χ2n) is 5.04. The molecule has 1 heterocycles. The minimum atomic E-state index is 0.582. The van der Waals surface area contributed by atoms with Crippen LogP contribution in [0.15, 0.2) is 18.2 Å². The smallest absolute Gasteiger partial charge is 0.178 e. The normalized spacial score (nSPS) is 22.3. The van der Waals surface area contributed by atoms with Gasteiger partial charge in [0, 0.05) is 12.1 Å². The van der Waals surface area contributed by atoms with Gasteiger partial charge in [-0.25, -0.2) is 0 Å². The van der Waals surface area contributed by atoms with Crippen LogP contribution < -0.4 is 4.74 Å². The largest absolute Gasteiger partial charge is 0.497 e. The first-order chi connectivity index (χ1) is 8.74. The Bertz CT molecular complexity index is 628. The molecule has 3 rings (SSSR count). The monoisotopic (exact) mass is 262 g/mol. The molecular weight excluding hydrogens is 244 g/mol. The summed E-state index contributed by atoms with van der Waals surface area (Å²) in [5, 5.41) is 0. The molecule has 1 aliphatic rings. The number of rotatable bonds is 4. The van der Waals surface area contributed by atoms with E-state index in [9.17, 15) is 0 Å². The van der Waals surface area contributed by atoms with Crippen molar-refractivity contribution in [3.05, 3.63) is 23.0 Å². The maximum atomic E-state index is 5.45. The van der Waals surface area contributed by atoms with Crippen molar-refractivity contribution >= 4 is 23.3 Å².